The fourth-order valence-electron chi connectivity index (χ4n) is 2.66. The van der Waals surface area contributed by atoms with Crippen molar-refractivity contribution >= 4 is 34.3 Å². The fraction of sp³-hybridized carbons (Fsp3) is 0.400. The molecule has 3 rings (SSSR count). The molecule has 0 bridgehead atoms. The standard InChI is InChI=1S/C15H19N3OS/c1-15(5-2-6-20-15)9-18-14(19)12-8-17-13-4-3-10(16)7-11(12)13/h3-4,7-8,17H,2,5-6,9,16H2,1H3,(H,18,19). The number of carbonyl (C=O) groups is 1. The first kappa shape index (κ1) is 13.4. The summed E-state index contributed by atoms with van der Waals surface area (Å²) in [6, 6.07) is 5.57. The van der Waals surface area contributed by atoms with Crippen LogP contribution in [0, 0.1) is 0 Å². The maximum absolute atomic E-state index is 12.3. The number of fused-ring (bicyclic) bond motifs is 1. The van der Waals surface area contributed by atoms with E-state index >= 15 is 0 Å². The molecule has 1 atom stereocenters. The van der Waals surface area contributed by atoms with Crippen molar-refractivity contribution in [1.82, 2.24) is 10.3 Å². The predicted octanol–water partition coefficient (Wildman–Crippen LogP) is 2.77. The molecule has 5 heteroatoms. The zero-order chi connectivity index (χ0) is 14.2. The first-order chi connectivity index (χ1) is 9.57. The number of hydrogen-bond donors (Lipinski definition) is 3. The summed E-state index contributed by atoms with van der Waals surface area (Å²) < 4.78 is 0.181. The van der Waals surface area contributed by atoms with Gasteiger partial charge in [0.25, 0.3) is 5.91 Å². The highest BCUT2D eigenvalue weighted by molar-refractivity contribution is 8.00. The highest BCUT2D eigenvalue weighted by Gasteiger charge is 2.30. The molecule has 0 saturated carbocycles. The van der Waals surface area contributed by atoms with E-state index in [-0.39, 0.29) is 10.7 Å². The van der Waals surface area contributed by atoms with Crippen LogP contribution in [0.2, 0.25) is 0 Å². The number of aromatic nitrogens is 1. The summed E-state index contributed by atoms with van der Waals surface area (Å²) in [6.45, 7) is 2.93. The second-order valence-corrected chi connectivity index (χ2v) is 7.27. The number of nitrogens with two attached hydrogens (primary N) is 1. The van der Waals surface area contributed by atoms with E-state index in [1.54, 1.807) is 6.20 Å². The van der Waals surface area contributed by atoms with Gasteiger partial charge in [0.2, 0.25) is 0 Å². The number of aromatic amines is 1. The van der Waals surface area contributed by atoms with E-state index in [2.05, 4.69) is 17.2 Å². The molecule has 1 saturated heterocycles. The van der Waals surface area contributed by atoms with Crippen molar-refractivity contribution in [3.05, 3.63) is 30.0 Å². The average molecular weight is 289 g/mol. The number of thioether (sulfide) groups is 1. The highest BCUT2D eigenvalue weighted by atomic mass is 32.2. The van der Waals surface area contributed by atoms with Crippen molar-refractivity contribution in [2.24, 2.45) is 0 Å². The van der Waals surface area contributed by atoms with Crippen molar-refractivity contribution in [3.63, 3.8) is 0 Å². The summed E-state index contributed by atoms with van der Waals surface area (Å²) >= 11 is 1.95. The number of benzene rings is 1. The molecule has 1 aromatic heterocycles. The molecule has 1 unspecified atom stereocenters. The van der Waals surface area contributed by atoms with E-state index in [1.165, 1.54) is 18.6 Å². The first-order valence-corrected chi connectivity index (χ1v) is 7.85. The summed E-state index contributed by atoms with van der Waals surface area (Å²) in [7, 11) is 0. The normalized spacial score (nSPS) is 22.2. The molecule has 1 aliphatic heterocycles. The minimum atomic E-state index is -0.0319. The Labute approximate surface area is 122 Å². The Morgan fingerprint density at radius 1 is 1.55 bits per heavy atom. The maximum Gasteiger partial charge on any atom is 0.253 e. The van der Waals surface area contributed by atoms with Crippen LogP contribution in [0.15, 0.2) is 24.4 Å². The molecule has 4 nitrogen and oxygen atoms in total. The Morgan fingerprint density at radius 3 is 3.15 bits per heavy atom. The molecule has 106 valence electrons. The van der Waals surface area contributed by atoms with Crippen LogP contribution in [0.5, 0.6) is 0 Å². The smallest absolute Gasteiger partial charge is 0.253 e. The van der Waals surface area contributed by atoms with Crippen LogP contribution in [0.4, 0.5) is 5.69 Å². The zero-order valence-electron chi connectivity index (χ0n) is 11.5. The van der Waals surface area contributed by atoms with Crippen LogP contribution in [-0.2, 0) is 0 Å². The minimum absolute atomic E-state index is 0.0319. The van der Waals surface area contributed by atoms with Crippen LogP contribution < -0.4 is 11.1 Å². The minimum Gasteiger partial charge on any atom is -0.399 e. The SMILES string of the molecule is CC1(CNC(=O)c2c[nH]c3ccc(N)cc23)CCCS1. The van der Waals surface area contributed by atoms with Gasteiger partial charge in [0, 0.05) is 34.1 Å². The Kier molecular flexibility index (Phi) is 3.38. The van der Waals surface area contributed by atoms with Gasteiger partial charge < -0.3 is 16.0 Å². The van der Waals surface area contributed by atoms with Crippen LogP contribution in [0.3, 0.4) is 0 Å². The summed E-state index contributed by atoms with van der Waals surface area (Å²) in [4.78, 5) is 15.5. The number of nitrogens with one attached hydrogen (secondary N) is 2. The lowest BCUT2D eigenvalue weighted by Gasteiger charge is -2.22. The van der Waals surface area contributed by atoms with E-state index in [0.717, 1.165) is 10.9 Å². The van der Waals surface area contributed by atoms with E-state index in [0.29, 0.717) is 17.8 Å². The maximum atomic E-state index is 12.3. The van der Waals surface area contributed by atoms with E-state index in [1.807, 2.05) is 30.0 Å². The van der Waals surface area contributed by atoms with Crippen LogP contribution >= 0.6 is 11.8 Å². The third-order valence-corrected chi connectivity index (χ3v) is 5.41. The van der Waals surface area contributed by atoms with Gasteiger partial charge in [0.15, 0.2) is 0 Å². The van der Waals surface area contributed by atoms with Crippen molar-refractivity contribution < 1.29 is 4.79 Å². The molecule has 0 radical (unpaired) electrons. The molecule has 0 aliphatic carbocycles. The van der Waals surface area contributed by atoms with Crippen LogP contribution in [0.25, 0.3) is 10.9 Å². The lowest BCUT2D eigenvalue weighted by molar-refractivity contribution is 0.0951. The van der Waals surface area contributed by atoms with Gasteiger partial charge in [-0.15, -0.1) is 0 Å². The zero-order valence-corrected chi connectivity index (χ0v) is 12.3. The third kappa shape index (κ3) is 2.50. The quantitative estimate of drug-likeness (QED) is 0.761. The third-order valence-electron chi connectivity index (χ3n) is 3.87. The van der Waals surface area contributed by atoms with E-state index < -0.39 is 0 Å². The number of nitrogen functional groups attached to an aromatic ring is 1. The molecule has 2 heterocycles. The fourth-order valence-corrected chi connectivity index (χ4v) is 3.91. The molecule has 0 spiro atoms. The van der Waals surface area contributed by atoms with Gasteiger partial charge in [-0.25, -0.2) is 0 Å². The highest BCUT2D eigenvalue weighted by Crippen LogP contribution is 2.37. The van der Waals surface area contributed by atoms with E-state index in [4.69, 9.17) is 5.73 Å². The second kappa shape index (κ2) is 5.05. The summed E-state index contributed by atoms with van der Waals surface area (Å²) in [5, 5.41) is 3.94. The Bertz CT molecular complexity index is 644. The van der Waals surface area contributed by atoms with Gasteiger partial charge in [-0.2, -0.15) is 11.8 Å². The average Bonchev–Trinajstić information content (AvgIpc) is 3.03. The number of H-pyrrole nitrogens is 1. The summed E-state index contributed by atoms with van der Waals surface area (Å²) in [6.07, 6.45) is 4.16. The second-order valence-electron chi connectivity index (χ2n) is 5.59. The number of rotatable bonds is 3. The Hall–Kier alpha value is -1.62. The largest absolute Gasteiger partial charge is 0.399 e. The predicted molar refractivity (Wildman–Crippen MR) is 85.1 cm³/mol. The van der Waals surface area contributed by atoms with Crippen LogP contribution in [-0.4, -0.2) is 27.9 Å². The molecule has 1 aliphatic rings. The lowest BCUT2D eigenvalue weighted by atomic mass is 10.1. The van der Waals surface area contributed by atoms with Crippen molar-refractivity contribution in [1.29, 1.82) is 0 Å². The van der Waals surface area contributed by atoms with Crippen molar-refractivity contribution in [2.45, 2.75) is 24.5 Å². The van der Waals surface area contributed by atoms with Gasteiger partial charge >= 0.3 is 0 Å². The first-order valence-electron chi connectivity index (χ1n) is 6.86. The monoisotopic (exact) mass is 289 g/mol. The molecule has 4 N–H and O–H groups in total. The van der Waals surface area contributed by atoms with E-state index in [9.17, 15) is 4.79 Å². The molecule has 20 heavy (non-hydrogen) atoms. The lowest BCUT2D eigenvalue weighted by Crippen LogP contribution is -2.36. The number of anilines is 1. The molecular formula is C15H19N3OS. The van der Waals surface area contributed by atoms with Gasteiger partial charge in [0.05, 0.1) is 5.56 Å². The van der Waals surface area contributed by atoms with Gasteiger partial charge in [-0.05, 0) is 43.7 Å². The number of carbonyl (C=O) groups excluding carboxylic acids is 1. The molecule has 1 fully saturated rings. The van der Waals surface area contributed by atoms with Gasteiger partial charge in [-0.3, -0.25) is 4.79 Å². The topological polar surface area (TPSA) is 70.9 Å². The molecule has 1 amide bonds. The summed E-state index contributed by atoms with van der Waals surface area (Å²) in [5.41, 5.74) is 8.07. The van der Waals surface area contributed by atoms with Crippen LogP contribution in [0.1, 0.15) is 30.1 Å². The van der Waals surface area contributed by atoms with Crippen molar-refractivity contribution in [2.75, 3.05) is 18.0 Å². The van der Waals surface area contributed by atoms with Crippen molar-refractivity contribution in [3.8, 4) is 0 Å². The number of hydrogen-bond acceptors (Lipinski definition) is 3. The molecular weight excluding hydrogens is 270 g/mol. The van der Waals surface area contributed by atoms with Gasteiger partial charge in [0.1, 0.15) is 0 Å². The Morgan fingerprint density at radius 2 is 2.40 bits per heavy atom. The molecule has 1 aromatic carbocycles. The Balaban J connectivity index is 1.77. The summed E-state index contributed by atoms with van der Waals surface area (Å²) in [5.74, 6) is 1.16. The number of amides is 1. The van der Waals surface area contributed by atoms with Gasteiger partial charge in [-0.1, -0.05) is 0 Å². The molecule has 2 aromatic rings.